The molecule has 5 rings (SSSR count). The summed E-state index contributed by atoms with van der Waals surface area (Å²) in [6, 6.07) is 19.5. The van der Waals surface area contributed by atoms with Crippen LogP contribution in [0.1, 0.15) is 11.4 Å². The number of rotatable bonds is 9. The Balaban J connectivity index is 1.42. The van der Waals surface area contributed by atoms with Gasteiger partial charge in [0.1, 0.15) is 17.5 Å². The lowest BCUT2D eigenvalue weighted by Gasteiger charge is -2.14. The van der Waals surface area contributed by atoms with Crippen molar-refractivity contribution in [3.05, 3.63) is 101 Å². The molecule has 0 radical (unpaired) electrons. The number of nitrogens with zero attached hydrogens (tertiary/aromatic N) is 3. The van der Waals surface area contributed by atoms with Crippen LogP contribution in [-0.2, 0) is 11.2 Å². The molecule has 190 valence electrons. The third kappa shape index (κ3) is 5.96. The van der Waals surface area contributed by atoms with Crippen LogP contribution in [0.4, 0.5) is 21.8 Å². The molecule has 4 N–H and O–H groups in total. The second-order valence-electron chi connectivity index (χ2n) is 8.38. The Kier molecular flexibility index (Phi) is 7.28. The zero-order valence-corrected chi connectivity index (χ0v) is 20.7. The van der Waals surface area contributed by atoms with Gasteiger partial charge in [-0.25, -0.2) is 19.2 Å². The topological polar surface area (TPSA) is 116 Å². The van der Waals surface area contributed by atoms with Gasteiger partial charge >= 0.3 is 5.97 Å². The molecule has 8 nitrogen and oxygen atoms in total. The van der Waals surface area contributed by atoms with Crippen LogP contribution in [0.2, 0.25) is 5.02 Å². The number of aliphatic carboxylic acids is 1. The maximum atomic E-state index is 13.6. The molecule has 0 saturated carbocycles. The number of anilines is 3. The smallest absolute Gasteiger partial charge is 0.328 e. The summed E-state index contributed by atoms with van der Waals surface area (Å²) in [5, 5.41) is 15.4. The first-order valence-corrected chi connectivity index (χ1v) is 12.1. The number of benzene rings is 3. The first kappa shape index (κ1) is 24.9. The van der Waals surface area contributed by atoms with Gasteiger partial charge in [-0.2, -0.15) is 4.98 Å². The van der Waals surface area contributed by atoms with E-state index in [-0.39, 0.29) is 5.02 Å². The summed E-state index contributed by atoms with van der Waals surface area (Å²) < 4.78 is 13.6. The number of fused-ring (bicyclic) bond motifs is 1. The van der Waals surface area contributed by atoms with Crippen LogP contribution in [0.3, 0.4) is 0 Å². The summed E-state index contributed by atoms with van der Waals surface area (Å²) in [4.78, 5) is 28.0. The number of carbonyl (C=O) groups is 1. The maximum absolute atomic E-state index is 13.6. The molecule has 5 aromatic rings. The van der Waals surface area contributed by atoms with Crippen LogP contribution in [0, 0.1) is 5.82 Å². The summed E-state index contributed by atoms with van der Waals surface area (Å²) in [5.74, 6) is 0.159. The summed E-state index contributed by atoms with van der Waals surface area (Å²) in [6.07, 6.45) is 4.90. The van der Waals surface area contributed by atoms with Crippen molar-refractivity contribution in [3.8, 4) is 11.1 Å². The van der Waals surface area contributed by atoms with Crippen LogP contribution < -0.4 is 10.6 Å². The predicted molar refractivity (Wildman–Crippen MR) is 147 cm³/mol. The molecular weight excluding hydrogens is 507 g/mol. The van der Waals surface area contributed by atoms with Crippen molar-refractivity contribution in [1.82, 2.24) is 19.9 Å². The molecule has 0 aliphatic rings. The number of H-pyrrole nitrogens is 1. The molecule has 0 bridgehead atoms. The van der Waals surface area contributed by atoms with E-state index < -0.39 is 11.8 Å². The Hall–Kier alpha value is -4.76. The molecule has 0 aliphatic heterocycles. The minimum absolute atomic E-state index is 0.0120. The van der Waals surface area contributed by atoms with Crippen molar-refractivity contribution in [3.63, 3.8) is 0 Å². The van der Waals surface area contributed by atoms with E-state index in [4.69, 9.17) is 16.7 Å². The molecule has 0 fully saturated rings. The van der Waals surface area contributed by atoms with Gasteiger partial charge < -0.3 is 20.7 Å². The number of hydrogen-bond donors (Lipinski definition) is 4. The number of carboxylic acid groups (broad SMARTS) is 1. The van der Waals surface area contributed by atoms with Gasteiger partial charge in [-0.3, -0.25) is 0 Å². The first-order chi connectivity index (χ1) is 18.4. The van der Waals surface area contributed by atoms with Gasteiger partial charge in [-0.1, -0.05) is 41.9 Å². The van der Waals surface area contributed by atoms with Gasteiger partial charge in [-0.15, -0.1) is 0 Å². The minimum atomic E-state index is -1.02. The summed E-state index contributed by atoms with van der Waals surface area (Å²) in [5.41, 5.74) is 4.67. The quantitative estimate of drug-likeness (QED) is 0.166. The first-order valence-electron chi connectivity index (χ1n) is 11.7. The Labute approximate surface area is 222 Å². The Morgan fingerprint density at radius 3 is 2.76 bits per heavy atom. The fraction of sp³-hybridized carbons (Fsp3) is 0.0714. The van der Waals surface area contributed by atoms with E-state index in [0.717, 1.165) is 39.6 Å². The molecule has 2 aromatic heterocycles. The second kappa shape index (κ2) is 11.1. The van der Waals surface area contributed by atoms with Crippen molar-refractivity contribution < 1.29 is 14.3 Å². The van der Waals surface area contributed by atoms with Crippen LogP contribution >= 0.6 is 11.6 Å². The van der Waals surface area contributed by atoms with Gasteiger partial charge in [0.15, 0.2) is 0 Å². The fourth-order valence-electron chi connectivity index (χ4n) is 3.89. The van der Waals surface area contributed by atoms with Gasteiger partial charge in [0.05, 0.1) is 16.1 Å². The Morgan fingerprint density at radius 2 is 1.95 bits per heavy atom. The van der Waals surface area contributed by atoms with Crippen LogP contribution in [0.25, 0.3) is 28.2 Å². The Bertz CT molecular complexity index is 1620. The second-order valence-corrected chi connectivity index (χ2v) is 8.79. The minimum Gasteiger partial charge on any atom is -0.478 e. The summed E-state index contributed by atoms with van der Waals surface area (Å²) >= 11 is 5.91. The van der Waals surface area contributed by atoms with Crippen molar-refractivity contribution in [2.45, 2.75) is 6.42 Å². The lowest BCUT2D eigenvalue weighted by molar-refractivity contribution is -0.131. The normalized spacial score (nSPS) is 11.2. The zero-order chi connectivity index (χ0) is 26.5. The summed E-state index contributed by atoms with van der Waals surface area (Å²) in [7, 11) is 0. The molecule has 0 unspecified atom stereocenters. The van der Waals surface area contributed by atoms with E-state index in [1.54, 1.807) is 12.3 Å². The molecule has 10 heteroatoms. The number of halogens is 2. The monoisotopic (exact) mass is 528 g/mol. The van der Waals surface area contributed by atoms with Crippen LogP contribution in [0.5, 0.6) is 0 Å². The van der Waals surface area contributed by atoms with Gasteiger partial charge in [0, 0.05) is 36.5 Å². The van der Waals surface area contributed by atoms with Gasteiger partial charge in [0.2, 0.25) is 5.95 Å². The lowest BCUT2D eigenvalue weighted by Crippen LogP contribution is -2.10. The molecule has 2 heterocycles. The molecule has 0 spiro atoms. The third-order valence-corrected chi connectivity index (χ3v) is 5.96. The fourth-order valence-corrected chi connectivity index (χ4v) is 4.07. The molecule has 0 amide bonds. The van der Waals surface area contributed by atoms with Crippen molar-refractivity contribution >= 4 is 52.1 Å². The molecule has 0 saturated heterocycles. The van der Waals surface area contributed by atoms with E-state index in [9.17, 15) is 9.18 Å². The third-order valence-electron chi connectivity index (χ3n) is 5.67. The van der Waals surface area contributed by atoms with E-state index >= 15 is 0 Å². The number of imidazole rings is 1. The van der Waals surface area contributed by atoms with Gasteiger partial charge in [-0.05, 0) is 53.6 Å². The number of para-hydroxylation sites is 2. The van der Waals surface area contributed by atoms with Crippen LogP contribution in [-0.4, -0.2) is 37.6 Å². The standard InChI is InChI=1S/C28H22ClFN6O2/c29-21-15-19(9-10-22(21)30)33-28-32-16-20(18-5-3-4-17(14-18)8-11-26(37)38)27(36-28)31-13-12-25-34-23-6-1-2-7-24(23)35-25/h1-11,14-16H,12-13H2,(H,34,35)(H,37,38)(H2,31,32,33,36)/b11-8+. The van der Waals surface area contributed by atoms with E-state index in [1.807, 2.05) is 48.5 Å². The number of carboxylic acids is 1. The average molecular weight is 529 g/mol. The highest BCUT2D eigenvalue weighted by Crippen LogP contribution is 2.29. The maximum Gasteiger partial charge on any atom is 0.328 e. The van der Waals surface area contributed by atoms with Crippen molar-refractivity contribution in [2.75, 3.05) is 17.2 Å². The molecule has 0 aliphatic carbocycles. The number of aromatic nitrogens is 4. The summed E-state index contributed by atoms with van der Waals surface area (Å²) in [6.45, 7) is 0.532. The lowest BCUT2D eigenvalue weighted by atomic mass is 10.0. The average Bonchev–Trinajstić information content (AvgIpc) is 3.33. The molecular formula is C28H22ClFN6O2. The SMILES string of the molecule is O=C(O)/C=C/c1cccc(-c2cnc(Nc3ccc(F)c(Cl)c3)nc2NCCc2nc3ccccc3[nH]2)c1. The van der Waals surface area contributed by atoms with Crippen LogP contribution in [0.15, 0.2) is 79.0 Å². The molecule has 38 heavy (non-hydrogen) atoms. The molecule has 0 atom stereocenters. The molecule has 3 aromatic carbocycles. The number of hydrogen-bond acceptors (Lipinski definition) is 6. The zero-order valence-electron chi connectivity index (χ0n) is 20.0. The van der Waals surface area contributed by atoms with Crippen molar-refractivity contribution in [2.24, 2.45) is 0 Å². The van der Waals surface area contributed by atoms with Gasteiger partial charge in [0.25, 0.3) is 0 Å². The predicted octanol–water partition coefficient (Wildman–Crippen LogP) is 6.31. The Morgan fingerprint density at radius 1 is 1.08 bits per heavy atom. The van der Waals surface area contributed by atoms with E-state index in [1.165, 1.54) is 18.2 Å². The number of aromatic amines is 1. The highest BCUT2D eigenvalue weighted by atomic mass is 35.5. The highest BCUT2D eigenvalue weighted by Gasteiger charge is 2.12. The highest BCUT2D eigenvalue weighted by molar-refractivity contribution is 6.31. The van der Waals surface area contributed by atoms with E-state index in [2.05, 4.69) is 30.6 Å². The van der Waals surface area contributed by atoms with E-state index in [0.29, 0.717) is 30.4 Å². The number of nitrogens with one attached hydrogen (secondary N) is 3. The largest absolute Gasteiger partial charge is 0.478 e. The van der Waals surface area contributed by atoms with Crippen molar-refractivity contribution in [1.29, 1.82) is 0 Å².